The van der Waals surface area contributed by atoms with E-state index in [1.165, 1.54) is 11.7 Å². The van der Waals surface area contributed by atoms with Crippen molar-refractivity contribution in [1.82, 2.24) is 5.43 Å². The number of nitrogens with one attached hydrogen (secondary N) is 1. The Bertz CT molecular complexity index is 299. The number of hydrazone groups is 1. The number of para-hydroxylation sites is 1. The van der Waals surface area contributed by atoms with Gasteiger partial charge in [-0.25, -0.2) is 0 Å². The largest absolute Gasteiger partial charge is 0.507 e. The van der Waals surface area contributed by atoms with E-state index in [0.717, 1.165) is 0 Å². The third-order valence-electron chi connectivity index (χ3n) is 1.27. The second-order valence-electron chi connectivity index (χ2n) is 2.06. The molecule has 1 aromatic rings. The highest BCUT2D eigenvalue weighted by atomic mass is 32.1. The van der Waals surface area contributed by atoms with Gasteiger partial charge in [0.15, 0.2) is 0 Å². The van der Waals surface area contributed by atoms with Crippen LogP contribution in [0.3, 0.4) is 0 Å². The quantitative estimate of drug-likeness (QED) is 0.418. The van der Waals surface area contributed by atoms with Crippen LogP contribution in [0.4, 0.5) is 0 Å². The molecule has 1 aromatic carbocycles. The SMILES string of the molecule is Oc1ccccc1/C=N/NC=S. The topological polar surface area (TPSA) is 44.6 Å². The molecule has 0 heterocycles. The molecule has 0 saturated heterocycles. The number of benzene rings is 1. The van der Waals surface area contributed by atoms with Gasteiger partial charge in [-0.2, -0.15) is 5.10 Å². The summed E-state index contributed by atoms with van der Waals surface area (Å²) in [6.07, 6.45) is 1.50. The van der Waals surface area contributed by atoms with Gasteiger partial charge in [-0.15, -0.1) is 0 Å². The fraction of sp³-hybridized carbons (Fsp3) is 0. The minimum absolute atomic E-state index is 0.201. The molecule has 0 atom stereocenters. The van der Waals surface area contributed by atoms with Crippen molar-refractivity contribution < 1.29 is 5.11 Å². The highest BCUT2D eigenvalue weighted by Crippen LogP contribution is 2.12. The lowest BCUT2D eigenvalue weighted by Crippen LogP contribution is -1.98. The van der Waals surface area contributed by atoms with Crippen LogP contribution < -0.4 is 5.43 Å². The summed E-state index contributed by atoms with van der Waals surface area (Å²) in [5.74, 6) is 0.201. The molecule has 2 N–H and O–H groups in total. The van der Waals surface area contributed by atoms with Crippen LogP contribution in [0.2, 0.25) is 0 Å². The Kier molecular flexibility index (Phi) is 3.22. The lowest BCUT2D eigenvalue weighted by atomic mass is 10.2. The maximum atomic E-state index is 9.25. The summed E-state index contributed by atoms with van der Waals surface area (Å²) >= 11 is 4.49. The van der Waals surface area contributed by atoms with Crippen molar-refractivity contribution >= 4 is 23.9 Å². The zero-order valence-corrected chi connectivity index (χ0v) is 7.08. The average Bonchev–Trinajstić information content (AvgIpc) is 2.09. The van der Waals surface area contributed by atoms with Crippen LogP contribution in [0.25, 0.3) is 0 Å². The molecule has 0 aromatic heterocycles. The number of thiocarbonyl (C=S) groups is 1. The van der Waals surface area contributed by atoms with Crippen LogP contribution >= 0.6 is 12.2 Å². The van der Waals surface area contributed by atoms with E-state index in [2.05, 4.69) is 22.7 Å². The van der Waals surface area contributed by atoms with Gasteiger partial charge in [-0.05, 0) is 12.1 Å². The second-order valence-corrected chi connectivity index (χ2v) is 2.30. The first-order chi connectivity index (χ1) is 5.84. The van der Waals surface area contributed by atoms with Crippen LogP contribution in [0.15, 0.2) is 29.4 Å². The minimum atomic E-state index is 0.201. The van der Waals surface area contributed by atoms with Crippen LogP contribution in [0, 0.1) is 0 Å². The Balaban J connectivity index is 2.74. The molecule has 0 unspecified atom stereocenters. The smallest absolute Gasteiger partial charge is 0.124 e. The Morgan fingerprint density at radius 3 is 2.83 bits per heavy atom. The van der Waals surface area contributed by atoms with Crippen molar-refractivity contribution in [3.8, 4) is 5.75 Å². The molecular formula is C8H8N2OS. The zero-order chi connectivity index (χ0) is 8.81. The number of aromatic hydroxyl groups is 1. The van der Waals surface area contributed by atoms with Crippen LogP contribution in [0.1, 0.15) is 5.56 Å². The first-order valence-electron chi connectivity index (χ1n) is 3.35. The predicted octanol–water partition coefficient (Wildman–Crippen LogP) is 1.27. The molecule has 0 aliphatic carbocycles. The summed E-state index contributed by atoms with van der Waals surface area (Å²) in [5, 5.41) is 13.0. The van der Waals surface area contributed by atoms with E-state index in [1.54, 1.807) is 18.2 Å². The van der Waals surface area contributed by atoms with Gasteiger partial charge < -0.3 is 5.11 Å². The number of rotatable bonds is 3. The molecule has 3 nitrogen and oxygen atoms in total. The molecule has 0 aliphatic heterocycles. The molecule has 0 bridgehead atoms. The van der Waals surface area contributed by atoms with Crippen molar-refractivity contribution in [2.45, 2.75) is 0 Å². The van der Waals surface area contributed by atoms with E-state index in [0.29, 0.717) is 5.56 Å². The van der Waals surface area contributed by atoms with E-state index < -0.39 is 0 Å². The third-order valence-corrected chi connectivity index (χ3v) is 1.37. The molecule has 0 fully saturated rings. The summed E-state index contributed by atoms with van der Waals surface area (Å²) in [6.45, 7) is 0. The monoisotopic (exact) mass is 180 g/mol. The van der Waals surface area contributed by atoms with Crippen LogP contribution in [-0.2, 0) is 0 Å². The van der Waals surface area contributed by atoms with Crippen molar-refractivity contribution in [2.75, 3.05) is 0 Å². The van der Waals surface area contributed by atoms with Crippen molar-refractivity contribution in [3.63, 3.8) is 0 Å². The summed E-state index contributed by atoms with van der Waals surface area (Å²) in [6, 6.07) is 6.92. The van der Waals surface area contributed by atoms with Gasteiger partial charge >= 0.3 is 0 Å². The maximum absolute atomic E-state index is 9.25. The normalized spacial score (nSPS) is 10.0. The van der Waals surface area contributed by atoms with Gasteiger partial charge in [-0.1, -0.05) is 24.4 Å². The number of phenolic OH excluding ortho intramolecular Hbond substituents is 1. The molecule has 0 amide bonds. The molecule has 4 heteroatoms. The Hall–Kier alpha value is -1.42. The average molecular weight is 180 g/mol. The first kappa shape index (κ1) is 8.67. The Labute approximate surface area is 75.7 Å². The second kappa shape index (κ2) is 4.46. The van der Waals surface area contributed by atoms with E-state index in [1.807, 2.05) is 6.07 Å². The molecule has 12 heavy (non-hydrogen) atoms. The Morgan fingerprint density at radius 1 is 1.42 bits per heavy atom. The van der Waals surface area contributed by atoms with E-state index >= 15 is 0 Å². The van der Waals surface area contributed by atoms with Gasteiger partial charge in [0.1, 0.15) is 5.75 Å². The standard InChI is InChI=1S/C8H8N2OS/c11-8-4-2-1-3-7(8)5-9-10-6-12/h1-6,11H,(H,10,12)/b9-5+. The number of hydrogen-bond donors (Lipinski definition) is 2. The van der Waals surface area contributed by atoms with Gasteiger partial charge in [0.05, 0.1) is 11.7 Å². The highest BCUT2D eigenvalue weighted by molar-refractivity contribution is 7.78. The fourth-order valence-corrected chi connectivity index (χ4v) is 0.795. The summed E-state index contributed by atoms with van der Waals surface area (Å²) in [7, 11) is 0. The Morgan fingerprint density at radius 2 is 2.17 bits per heavy atom. The number of phenols is 1. The summed E-state index contributed by atoms with van der Waals surface area (Å²) in [5.41, 5.74) is 4.41. The van der Waals surface area contributed by atoms with E-state index in [4.69, 9.17) is 0 Å². The van der Waals surface area contributed by atoms with Crippen molar-refractivity contribution in [1.29, 1.82) is 0 Å². The molecular weight excluding hydrogens is 172 g/mol. The maximum Gasteiger partial charge on any atom is 0.124 e. The number of nitrogens with zero attached hydrogens (tertiary/aromatic N) is 1. The fourth-order valence-electron chi connectivity index (χ4n) is 0.734. The molecule has 62 valence electrons. The zero-order valence-electron chi connectivity index (χ0n) is 6.27. The third kappa shape index (κ3) is 2.32. The molecule has 0 aliphatic rings. The predicted molar refractivity (Wildman–Crippen MR) is 52.5 cm³/mol. The molecule has 0 spiro atoms. The van der Waals surface area contributed by atoms with Crippen molar-refractivity contribution in [3.05, 3.63) is 29.8 Å². The lowest BCUT2D eigenvalue weighted by Gasteiger charge is -1.95. The lowest BCUT2D eigenvalue weighted by molar-refractivity contribution is 0.474. The molecule has 0 saturated carbocycles. The number of hydrogen-bond acceptors (Lipinski definition) is 3. The van der Waals surface area contributed by atoms with Gasteiger partial charge in [0.2, 0.25) is 0 Å². The first-order valence-corrected chi connectivity index (χ1v) is 3.82. The van der Waals surface area contributed by atoms with Gasteiger partial charge in [-0.3, -0.25) is 5.43 Å². The van der Waals surface area contributed by atoms with Gasteiger partial charge in [0.25, 0.3) is 0 Å². The van der Waals surface area contributed by atoms with Gasteiger partial charge in [0, 0.05) is 5.56 Å². The summed E-state index contributed by atoms with van der Waals surface area (Å²) in [4.78, 5) is 0. The summed E-state index contributed by atoms with van der Waals surface area (Å²) < 4.78 is 0. The van der Waals surface area contributed by atoms with Crippen molar-refractivity contribution in [2.24, 2.45) is 5.10 Å². The highest BCUT2D eigenvalue weighted by Gasteiger charge is 1.92. The van der Waals surface area contributed by atoms with Crippen LogP contribution in [0.5, 0.6) is 5.75 Å². The molecule has 1 rings (SSSR count). The minimum Gasteiger partial charge on any atom is -0.507 e. The van der Waals surface area contributed by atoms with E-state index in [9.17, 15) is 5.11 Å². The molecule has 0 radical (unpaired) electrons. The van der Waals surface area contributed by atoms with E-state index in [-0.39, 0.29) is 5.75 Å². The van der Waals surface area contributed by atoms with Crippen LogP contribution in [-0.4, -0.2) is 16.8 Å².